The van der Waals surface area contributed by atoms with Gasteiger partial charge in [0.1, 0.15) is 0 Å². The molecule has 0 unspecified atom stereocenters. The van der Waals surface area contributed by atoms with E-state index in [2.05, 4.69) is 15.5 Å². The Balaban J connectivity index is 1.25. The largest absolute Gasteiger partial charge is 0.454 e. The number of nitrogens with one attached hydrogen (secondary N) is 1. The smallest absolute Gasteiger partial charge is 0.315 e. The number of fused-ring (bicyclic) bond motifs is 1. The summed E-state index contributed by atoms with van der Waals surface area (Å²) in [5.74, 6) is 1.12. The Bertz CT molecular complexity index is 1130. The summed E-state index contributed by atoms with van der Waals surface area (Å²) in [5.41, 5.74) is 2.95. The Labute approximate surface area is 185 Å². The first-order chi connectivity index (χ1) is 15.5. The zero-order valence-electron chi connectivity index (χ0n) is 18.0. The van der Waals surface area contributed by atoms with Crippen LogP contribution in [0.1, 0.15) is 33.2 Å². The fourth-order valence-electron chi connectivity index (χ4n) is 3.28. The molecule has 1 aliphatic heterocycles. The van der Waals surface area contributed by atoms with Gasteiger partial charge >= 0.3 is 11.8 Å². The lowest BCUT2D eigenvalue weighted by molar-refractivity contribution is -0.129. The van der Waals surface area contributed by atoms with E-state index in [9.17, 15) is 9.59 Å². The van der Waals surface area contributed by atoms with E-state index in [1.54, 1.807) is 18.0 Å². The summed E-state index contributed by atoms with van der Waals surface area (Å²) in [6.45, 7) is 2.89. The van der Waals surface area contributed by atoms with E-state index in [0.29, 0.717) is 36.7 Å². The number of likely N-dealkylation sites (N-methyl/N-ethyl adjacent to an activating group) is 1. The quantitative estimate of drug-likeness (QED) is 0.577. The summed E-state index contributed by atoms with van der Waals surface area (Å²) in [6, 6.07) is 13.3. The van der Waals surface area contributed by atoms with Crippen LogP contribution in [0.2, 0.25) is 0 Å². The number of ether oxygens (including phenoxy) is 2. The monoisotopic (exact) mass is 436 g/mol. The molecule has 166 valence electrons. The Morgan fingerprint density at radius 3 is 2.78 bits per heavy atom. The molecular formula is C23H24N4O5. The van der Waals surface area contributed by atoms with Crippen LogP contribution in [0.5, 0.6) is 11.5 Å². The van der Waals surface area contributed by atoms with Crippen molar-refractivity contribution in [2.75, 3.05) is 20.4 Å². The third kappa shape index (κ3) is 5.23. The second kappa shape index (κ2) is 9.51. The molecule has 0 fully saturated rings. The third-order valence-corrected chi connectivity index (χ3v) is 5.09. The highest BCUT2D eigenvalue weighted by molar-refractivity contribution is 5.89. The molecule has 0 radical (unpaired) electrons. The van der Waals surface area contributed by atoms with E-state index in [0.717, 1.165) is 16.7 Å². The molecule has 0 aliphatic carbocycles. The Morgan fingerprint density at radius 1 is 1.09 bits per heavy atom. The van der Waals surface area contributed by atoms with Crippen LogP contribution in [-0.2, 0) is 24.2 Å². The molecule has 0 atom stereocenters. The lowest BCUT2D eigenvalue weighted by Crippen LogP contribution is -2.30. The fraction of sp³-hybridized carbons (Fsp3) is 0.304. The van der Waals surface area contributed by atoms with Gasteiger partial charge in [-0.2, -0.15) is 4.98 Å². The summed E-state index contributed by atoms with van der Waals surface area (Å²) in [5, 5.41) is 6.58. The molecule has 1 aromatic heterocycles. The van der Waals surface area contributed by atoms with Gasteiger partial charge in [-0.3, -0.25) is 9.59 Å². The minimum absolute atomic E-state index is 0.000729. The molecule has 2 aromatic carbocycles. The number of rotatable bonds is 8. The van der Waals surface area contributed by atoms with Crippen LogP contribution in [0.25, 0.3) is 0 Å². The molecule has 0 saturated heterocycles. The average molecular weight is 436 g/mol. The molecule has 9 nitrogen and oxygen atoms in total. The van der Waals surface area contributed by atoms with Crippen LogP contribution in [0.15, 0.2) is 47.0 Å². The molecule has 2 amide bonds. The van der Waals surface area contributed by atoms with Gasteiger partial charge in [-0.1, -0.05) is 41.1 Å². The zero-order valence-corrected chi connectivity index (χ0v) is 18.0. The van der Waals surface area contributed by atoms with E-state index >= 15 is 0 Å². The van der Waals surface area contributed by atoms with Crippen molar-refractivity contribution in [2.24, 2.45) is 0 Å². The number of aryl methyl sites for hydroxylation is 1. The number of hydrogen-bond acceptors (Lipinski definition) is 7. The van der Waals surface area contributed by atoms with Crippen LogP contribution in [0, 0.1) is 6.92 Å². The van der Waals surface area contributed by atoms with Gasteiger partial charge in [0.15, 0.2) is 17.3 Å². The first kappa shape index (κ1) is 21.4. The summed E-state index contributed by atoms with van der Waals surface area (Å²) in [4.78, 5) is 30.5. The van der Waals surface area contributed by atoms with Crippen molar-refractivity contribution in [3.8, 4) is 11.5 Å². The van der Waals surface area contributed by atoms with Gasteiger partial charge in [-0.05, 0) is 30.2 Å². The number of aromatic nitrogens is 2. The Morgan fingerprint density at radius 2 is 1.94 bits per heavy atom. The number of carbonyl (C=O) groups is 2. The SMILES string of the molecule is Cc1cccc(CC(=O)N(C)CCc2noc(C(=O)NCc3ccc4c(c3)OCO4)n2)c1. The fourth-order valence-corrected chi connectivity index (χ4v) is 3.28. The first-order valence-corrected chi connectivity index (χ1v) is 10.3. The predicted octanol–water partition coefficient (Wildman–Crippen LogP) is 2.28. The van der Waals surface area contributed by atoms with Crippen molar-refractivity contribution in [3.05, 3.63) is 70.9 Å². The number of hydrogen-bond donors (Lipinski definition) is 1. The van der Waals surface area contributed by atoms with Gasteiger partial charge in [0.2, 0.25) is 12.7 Å². The van der Waals surface area contributed by atoms with E-state index in [4.69, 9.17) is 14.0 Å². The molecule has 3 aromatic rings. The molecule has 32 heavy (non-hydrogen) atoms. The maximum atomic E-state index is 12.4. The molecule has 0 saturated carbocycles. The highest BCUT2D eigenvalue weighted by Crippen LogP contribution is 2.32. The molecular weight excluding hydrogens is 412 g/mol. The predicted molar refractivity (Wildman–Crippen MR) is 114 cm³/mol. The average Bonchev–Trinajstić information content (AvgIpc) is 3.45. The number of amides is 2. The van der Waals surface area contributed by atoms with Crippen LogP contribution < -0.4 is 14.8 Å². The van der Waals surface area contributed by atoms with Crippen molar-refractivity contribution < 1.29 is 23.6 Å². The van der Waals surface area contributed by atoms with E-state index in [1.807, 2.05) is 43.3 Å². The minimum Gasteiger partial charge on any atom is -0.454 e. The van der Waals surface area contributed by atoms with Crippen molar-refractivity contribution >= 4 is 11.8 Å². The van der Waals surface area contributed by atoms with Gasteiger partial charge in [-0.15, -0.1) is 0 Å². The zero-order chi connectivity index (χ0) is 22.5. The standard InChI is InChI=1S/C23H24N4O5/c1-15-4-3-5-16(10-15)12-21(28)27(2)9-8-20-25-23(32-26-20)22(29)24-13-17-6-7-18-19(11-17)31-14-30-18/h3-7,10-11H,8-9,12-14H2,1-2H3,(H,24,29). The van der Waals surface area contributed by atoms with Gasteiger partial charge in [-0.25, -0.2) is 0 Å². The molecule has 4 rings (SSSR count). The van der Waals surface area contributed by atoms with E-state index in [1.165, 1.54) is 0 Å². The van der Waals surface area contributed by atoms with E-state index < -0.39 is 5.91 Å². The minimum atomic E-state index is -0.467. The topological polar surface area (TPSA) is 107 Å². The van der Waals surface area contributed by atoms with Crippen molar-refractivity contribution in [3.63, 3.8) is 0 Å². The van der Waals surface area contributed by atoms with Gasteiger partial charge in [0.25, 0.3) is 0 Å². The van der Waals surface area contributed by atoms with Gasteiger partial charge < -0.3 is 24.2 Å². The van der Waals surface area contributed by atoms with Crippen molar-refractivity contribution in [1.82, 2.24) is 20.4 Å². The summed E-state index contributed by atoms with van der Waals surface area (Å²) in [6.07, 6.45) is 0.715. The highest BCUT2D eigenvalue weighted by atomic mass is 16.7. The third-order valence-electron chi connectivity index (χ3n) is 5.09. The summed E-state index contributed by atoms with van der Waals surface area (Å²) in [7, 11) is 1.73. The Kier molecular flexibility index (Phi) is 6.34. The van der Waals surface area contributed by atoms with Crippen LogP contribution in [0.4, 0.5) is 0 Å². The van der Waals surface area contributed by atoms with Gasteiger partial charge in [0.05, 0.1) is 6.42 Å². The Hall–Kier alpha value is -3.88. The van der Waals surface area contributed by atoms with Crippen LogP contribution in [0.3, 0.4) is 0 Å². The highest BCUT2D eigenvalue weighted by Gasteiger charge is 2.18. The van der Waals surface area contributed by atoms with Crippen molar-refractivity contribution in [1.29, 1.82) is 0 Å². The lowest BCUT2D eigenvalue weighted by Gasteiger charge is -2.16. The molecule has 0 spiro atoms. The molecule has 2 heterocycles. The van der Waals surface area contributed by atoms with Crippen LogP contribution in [-0.4, -0.2) is 47.2 Å². The molecule has 1 aliphatic rings. The van der Waals surface area contributed by atoms with Crippen molar-refractivity contribution in [2.45, 2.75) is 26.3 Å². The summed E-state index contributed by atoms with van der Waals surface area (Å²) < 4.78 is 15.7. The normalized spacial score (nSPS) is 11.9. The van der Waals surface area contributed by atoms with Gasteiger partial charge in [0, 0.05) is 26.6 Å². The lowest BCUT2D eigenvalue weighted by atomic mass is 10.1. The number of nitrogens with zero attached hydrogens (tertiary/aromatic N) is 3. The van der Waals surface area contributed by atoms with E-state index in [-0.39, 0.29) is 25.1 Å². The summed E-state index contributed by atoms with van der Waals surface area (Å²) >= 11 is 0. The second-order valence-corrected chi connectivity index (χ2v) is 7.62. The molecule has 9 heteroatoms. The molecule has 0 bridgehead atoms. The number of carbonyl (C=O) groups excluding carboxylic acids is 2. The molecule has 1 N–H and O–H groups in total. The maximum absolute atomic E-state index is 12.4. The maximum Gasteiger partial charge on any atom is 0.315 e. The first-order valence-electron chi connectivity index (χ1n) is 10.3. The number of benzene rings is 2. The second-order valence-electron chi connectivity index (χ2n) is 7.62. The van der Waals surface area contributed by atoms with Crippen LogP contribution >= 0.6 is 0 Å².